The second kappa shape index (κ2) is 10.8. The molecule has 1 aliphatic rings. The van der Waals surface area contributed by atoms with Crippen molar-refractivity contribution in [3.05, 3.63) is 88.6 Å². The van der Waals surface area contributed by atoms with Gasteiger partial charge >= 0.3 is 0 Å². The van der Waals surface area contributed by atoms with Crippen LogP contribution in [0, 0.1) is 12.8 Å². The van der Waals surface area contributed by atoms with Crippen LogP contribution in [0.2, 0.25) is 5.02 Å². The van der Waals surface area contributed by atoms with E-state index in [9.17, 15) is 4.79 Å². The molecule has 0 spiro atoms. The van der Waals surface area contributed by atoms with Crippen LogP contribution in [0.25, 0.3) is 0 Å². The van der Waals surface area contributed by atoms with Crippen LogP contribution < -0.4 is 10.6 Å². The third kappa shape index (κ3) is 5.92. The van der Waals surface area contributed by atoms with Gasteiger partial charge < -0.3 is 10.6 Å². The van der Waals surface area contributed by atoms with Crippen molar-refractivity contribution in [1.29, 1.82) is 0 Å². The maximum Gasteiger partial charge on any atom is 0.258 e. The first kappa shape index (κ1) is 23.3. The molecule has 2 N–H and O–H groups in total. The highest BCUT2D eigenvalue weighted by atomic mass is 35.5. The summed E-state index contributed by atoms with van der Waals surface area (Å²) in [6, 6.07) is 20.1. The SMILES string of the molecule is Cc1ccccc1C(C)N1CCC(CNc2ccccc2C(=O)Nc2ccc(Cl)cn2)CC1. The lowest BCUT2D eigenvalue weighted by atomic mass is 9.93. The molecule has 172 valence electrons. The third-order valence-electron chi connectivity index (χ3n) is 6.56. The Morgan fingerprint density at radius 2 is 1.82 bits per heavy atom. The van der Waals surface area contributed by atoms with Crippen LogP contribution in [0.15, 0.2) is 66.9 Å². The van der Waals surface area contributed by atoms with E-state index >= 15 is 0 Å². The number of benzene rings is 2. The summed E-state index contributed by atoms with van der Waals surface area (Å²) < 4.78 is 0. The van der Waals surface area contributed by atoms with Crippen LogP contribution in [0.5, 0.6) is 0 Å². The Morgan fingerprint density at radius 1 is 1.09 bits per heavy atom. The number of halogens is 1. The van der Waals surface area contributed by atoms with Gasteiger partial charge in [-0.1, -0.05) is 48.0 Å². The van der Waals surface area contributed by atoms with Gasteiger partial charge in [0.1, 0.15) is 5.82 Å². The second-order valence-electron chi connectivity index (χ2n) is 8.75. The summed E-state index contributed by atoms with van der Waals surface area (Å²) in [5.74, 6) is 0.878. The first-order chi connectivity index (χ1) is 16.0. The maximum atomic E-state index is 12.8. The van der Waals surface area contributed by atoms with Crippen molar-refractivity contribution in [1.82, 2.24) is 9.88 Å². The van der Waals surface area contributed by atoms with Gasteiger partial charge in [-0.3, -0.25) is 9.69 Å². The number of amides is 1. The Morgan fingerprint density at radius 3 is 2.55 bits per heavy atom. The zero-order chi connectivity index (χ0) is 23.2. The predicted octanol–water partition coefficient (Wildman–Crippen LogP) is 6.18. The minimum absolute atomic E-state index is 0.185. The fraction of sp³-hybridized carbons (Fsp3) is 0.333. The monoisotopic (exact) mass is 462 g/mol. The molecule has 0 aliphatic carbocycles. The van der Waals surface area contributed by atoms with Gasteiger partial charge in [0.2, 0.25) is 0 Å². The van der Waals surface area contributed by atoms with E-state index < -0.39 is 0 Å². The highest BCUT2D eigenvalue weighted by Gasteiger charge is 2.24. The Kier molecular flexibility index (Phi) is 7.63. The van der Waals surface area contributed by atoms with Crippen LogP contribution in [0.1, 0.15) is 47.3 Å². The standard InChI is InChI=1S/C27H31ClN4O/c1-19-7-3-4-8-23(19)20(2)32-15-13-21(14-16-32)17-29-25-10-6-5-9-24(25)27(33)31-26-12-11-22(28)18-30-26/h3-12,18,20-21,29H,13-17H2,1-2H3,(H,30,31,33). The number of rotatable bonds is 7. The van der Waals surface area contributed by atoms with Crippen molar-refractivity contribution in [3.8, 4) is 0 Å². The zero-order valence-electron chi connectivity index (χ0n) is 19.2. The van der Waals surface area contributed by atoms with Gasteiger partial charge in [-0.25, -0.2) is 4.98 Å². The largest absolute Gasteiger partial charge is 0.384 e. The number of hydrogen-bond acceptors (Lipinski definition) is 4. The molecule has 1 saturated heterocycles. The molecule has 3 aromatic rings. The van der Waals surface area contributed by atoms with Crippen molar-refractivity contribution < 1.29 is 4.79 Å². The molecule has 6 heteroatoms. The lowest BCUT2D eigenvalue weighted by Crippen LogP contribution is -2.37. The molecule has 33 heavy (non-hydrogen) atoms. The molecule has 5 nitrogen and oxygen atoms in total. The number of nitrogens with one attached hydrogen (secondary N) is 2. The van der Waals surface area contributed by atoms with E-state index in [1.807, 2.05) is 24.3 Å². The fourth-order valence-electron chi connectivity index (χ4n) is 4.52. The molecule has 4 rings (SSSR count). The number of hydrogen-bond donors (Lipinski definition) is 2. The Labute approximate surface area is 201 Å². The van der Waals surface area contributed by atoms with Gasteiger partial charge in [0.15, 0.2) is 0 Å². The molecule has 1 aliphatic heterocycles. The van der Waals surface area contributed by atoms with E-state index in [4.69, 9.17) is 11.6 Å². The maximum absolute atomic E-state index is 12.8. The number of piperidine rings is 1. The first-order valence-corrected chi connectivity index (χ1v) is 11.9. The molecule has 1 fully saturated rings. The van der Waals surface area contributed by atoms with Gasteiger partial charge in [0.25, 0.3) is 5.91 Å². The lowest BCUT2D eigenvalue weighted by Gasteiger charge is -2.37. The zero-order valence-corrected chi connectivity index (χ0v) is 20.0. The molecule has 1 aromatic heterocycles. The number of aromatic nitrogens is 1. The number of carbonyl (C=O) groups excluding carboxylic acids is 1. The molecule has 0 radical (unpaired) electrons. The summed E-state index contributed by atoms with van der Waals surface area (Å²) in [6.45, 7) is 7.54. The van der Waals surface area contributed by atoms with Crippen molar-refractivity contribution in [2.24, 2.45) is 5.92 Å². The quantitative estimate of drug-likeness (QED) is 0.440. The number of nitrogens with zero attached hydrogens (tertiary/aromatic N) is 2. The van der Waals surface area contributed by atoms with Crippen LogP contribution in [0.3, 0.4) is 0 Å². The highest BCUT2D eigenvalue weighted by Crippen LogP contribution is 2.29. The van der Waals surface area contributed by atoms with E-state index in [0.717, 1.165) is 38.2 Å². The number of pyridine rings is 1. The van der Waals surface area contributed by atoms with Gasteiger partial charge in [-0.2, -0.15) is 0 Å². The average molecular weight is 463 g/mol. The molecule has 1 amide bonds. The van der Waals surface area contributed by atoms with E-state index in [1.165, 1.54) is 17.3 Å². The Balaban J connectivity index is 1.32. The third-order valence-corrected chi connectivity index (χ3v) is 6.78. The Hall–Kier alpha value is -2.89. The normalized spacial score (nSPS) is 15.7. The molecule has 2 heterocycles. The van der Waals surface area contributed by atoms with Crippen molar-refractivity contribution in [2.75, 3.05) is 30.3 Å². The summed E-state index contributed by atoms with van der Waals surface area (Å²) in [6.07, 6.45) is 3.81. The number of carbonyl (C=O) groups is 1. The van der Waals surface area contributed by atoms with E-state index in [0.29, 0.717) is 28.4 Å². The summed E-state index contributed by atoms with van der Waals surface area (Å²) >= 11 is 5.88. The summed E-state index contributed by atoms with van der Waals surface area (Å²) in [5.41, 5.74) is 4.24. The van der Waals surface area contributed by atoms with Crippen LogP contribution >= 0.6 is 11.6 Å². The minimum atomic E-state index is -0.185. The smallest absolute Gasteiger partial charge is 0.258 e. The number of para-hydroxylation sites is 1. The van der Waals surface area contributed by atoms with Crippen LogP contribution in [-0.4, -0.2) is 35.4 Å². The molecule has 0 saturated carbocycles. The molecule has 0 bridgehead atoms. The van der Waals surface area contributed by atoms with Crippen LogP contribution in [-0.2, 0) is 0 Å². The molecule has 1 atom stereocenters. The fourth-order valence-corrected chi connectivity index (χ4v) is 4.63. The van der Waals surface area contributed by atoms with E-state index in [2.05, 4.69) is 58.6 Å². The number of aryl methyl sites for hydroxylation is 1. The highest BCUT2D eigenvalue weighted by molar-refractivity contribution is 6.30. The first-order valence-electron chi connectivity index (χ1n) is 11.6. The number of anilines is 2. The van der Waals surface area contributed by atoms with Gasteiger partial charge in [-0.15, -0.1) is 0 Å². The molecular formula is C27H31ClN4O. The summed E-state index contributed by atoms with van der Waals surface area (Å²) in [4.78, 5) is 19.6. The Bertz CT molecular complexity index is 1080. The van der Waals surface area contributed by atoms with E-state index in [-0.39, 0.29) is 5.91 Å². The van der Waals surface area contributed by atoms with Crippen LogP contribution in [0.4, 0.5) is 11.5 Å². The molecule has 2 aromatic carbocycles. The molecule has 1 unspecified atom stereocenters. The summed E-state index contributed by atoms with van der Waals surface area (Å²) in [7, 11) is 0. The minimum Gasteiger partial charge on any atom is -0.384 e. The van der Waals surface area contributed by atoms with Crippen molar-refractivity contribution in [3.63, 3.8) is 0 Å². The topological polar surface area (TPSA) is 57.3 Å². The van der Waals surface area contributed by atoms with Crippen molar-refractivity contribution in [2.45, 2.75) is 32.7 Å². The lowest BCUT2D eigenvalue weighted by molar-refractivity contribution is 0.102. The predicted molar refractivity (Wildman–Crippen MR) is 136 cm³/mol. The second-order valence-corrected chi connectivity index (χ2v) is 9.19. The molecular weight excluding hydrogens is 432 g/mol. The summed E-state index contributed by atoms with van der Waals surface area (Å²) in [5, 5.41) is 6.91. The average Bonchev–Trinajstić information content (AvgIpc) is 2.84. The van der Waals surface area contributed by atoms with Gasteiger partial charge in [0.05, 0.1) is 10.6 Å². The van der Waals surface area contributed by atoms with Gasteiger partial charge in [0, 0.05) is 24.5 Å². The van der Waals surface area contributed by atoms with Gasteiger partial charge in [-0.05, 0) is 81.1 Å². The number of likely N-dealkylation sites (tertiary alicyclic amines) is 1. The van der Waals surface area contributed by atoms with Crippen molar-refractivity contribution >= 4 is 29.0 Å². The van der Waals surface area contributed by atoms with E-state index in [1.54, 1.807) is 12.1 Å².